The molecule has 3 rings (SSSR count). The highest BCUT2D eigenvalue weighted by atomic mass is 16.6. The van der Waals surface area contributed by atoms with E-state index in [-0.39, 0.29) is 10.6 Å². The molecule has 0 aromatic heterocycles. The van der Waals surface area contributed by atoms with E-state index in [1.54, 1.807) is 12.1 Å². The molecule has 0 heterocycles. The van der Waals surface area contributed by atoms with Crippen molar-refractivity contribution in [3.8, 4) is 11.1 Å². The van der Waals surface area contributed by atoms with E-state index in [1.165, 1.54) is 11.1 Å². The van der Waals surface area contributed by atoms with Crippen LogP contribution in [0.5, 0.6) is 0 Å². The lowest BCUT2D eigenvalue weighted by molar-refractivity contribution is -0.384. The SMILES string of the molecule is O=[N+]([O-])c1ccc2c(c1)CCc1ccccc1-2. The van der Waals surface area contributed by atoms with Crippen LogP contribution in [-0.2, 0) is 12.8 Å². The molecule has 1 aliphatic carbocycles. The Bertz CT molecular complexity index is 605. The Hall–Kier alpha value is -2.16. The molecule has 3 nitrogen and oxygen atoms in total. The monoisotopic (exact) mass is 225 g/mol. The Morgan fingerprint density at radius 2 is 1.65 bits per heavy atom. The second kappa shape index (κ2) is 3.70. The summed E-state index contributed by atoms with van der Waals surface area (Å²) < 4.78 is 0. The number of non-ortho nitro benzene ring substituents is 1. The molecule has 2 aromatic carbocycles. The van der Waals surface area contributed by atoms with Crippen LogP contribution in [0.3, 0.4) is 0 Å². The van der Waals surface area contributed by atoms with Gasteiger partial charge in [-0.3, -0.25) is 10.1 Å². The molecule has 0 fully saturated rings. The smallest absolute Gasteiger partial charge is 0.258 e. The first-order valence-electron chi connectivity index (χ1n) is 5.61. The topological polar surface area (TPSA) is 43.1 Å². The number of fused-ring (bicyclic) bond motifs is 3. The average Bonchev–Trinajstić information content (AvgIpc) is 2.38. The highest BCUT2D eigenvalue weighted by Crippen LogP contribution is 2.34. The minimum Gasteiger partial charge on any atom is -0.258 e. The molecule has 0 atom stereocenters. The summed E-state index contributed by atoms with van der Waals surface area (Å²) in [6.07, 6.45) is 1.85. The summed E-state index contributed by atoms with van der Waals surface area (Å²) in [5.41, 5.74) is 4.94. The van der Waals surface area contributed by atoms with Gasteiger partial charge in [-0.1, -0.05) is 24.3 Å². The highest BCUT2D eigenvalue weighted by Gasteiger charge is 2.18. The third-order valence-corrected chi connectivity index (χ3v) is 3.27. The number of rotatable bonds is 1. The molecular formula is C14H11NO2. The lowest BCUT2D eigenvalue weighted by Crippen LogP contribution is -2.04. The molecule has 0 bridgehead atoms. The summed E-state index contributed by atoms with van der Waals surface area (Å²) in [6, 6.07) is 13.4. The summed E-state index contributed by atoms with van der Waals surface area (Å²) in [5.74, 6) is 0. The maximum Gasteiger partial charge on any atom is 0.269 e. The first kappa shape index (κ1) is 10.0. The van der Waals surface area contributed by atoms with Crippen molar-refractivity contribution in [3.05, 3.63) is 63.7 Å². The minimum absolute atomic E-state index is 0.183. The van der Waals surface area contributed by atoms with E-state index in [0.29, 0.717) is 0 Å². The molecule has 0 spiro atoms. The van der Waals surface area contributed by atoms with E-state index >= 15 is 0 Å². The average molecular weight is 225 g/mol. The number of hydrogen-bond donors (Lipinski definition) is 0. The molecule has 84 valence electrons. The maximum absolute atomic E-state index is 10.7. The van der Waals surface area contributed by atoms with Crippen molar-refractivity contribution in [3.63, 3.8) is 0 Å². The van der Waals surface area contributed by atoms with Crippen molar-refractivity contribution in [2.45, 2.75) is 12.8 Å². The van der Waals surface area contributed by atoms with Crippen molar-refractivity contribution in [1.82, 2.24) is 0 Å². The summed E-state index contributed by atoms with van der Waals surface area (Å²) in [7, 11) is 0. The highest BCUT2D eigenvalue weighted by molar-refractivity contribution is 5.74. The van der Waals surface area contributed by atoms with Crippen molar-refractivity contribution >= 4 is 5.69 Å². The fraction of sp³-hybridized carbons (Fsp3) is 0.143. The van der Waals surface area contributed by atoms with Gasteiger partial charge in [0.25, 0.3) is 5.69 Å². The van der Waals surface area contributed by atoms with Gasteiger partial charge in [-0.2, -0.15) is 0 Å². The van der Waals surface area contributed by atoms with E-state index in [1.807, 2.05) is 18.2 Å². The molecule has 0 saturated heterocycles. The summed E-state index contributed by atoms with van der Waals surface area (Å²) in [4.78, 5) is 10.4. The fourth-order valence-electron chi connectivity index (χ4n) is 2.43. The molecule has 0 N–H and O–H groups in total. The van der Waals surface area contributed by atoms with Gasteiger partial charge in [0, 0.05) is 12.1 Å². The van der Waals surface area contributed by atoms with Gasteiger partial charge in [-0.15, -0.1) is 0 Å². The Morgan fingerprint density at radius 3 is 2.47 bits per heavy atom. The molecule has 0 amide bonds. The van der Waals surface area contributed by atoms with Gasteiger partial charge in [0.05, 0.1) is 4.92 Å². The Morgan fingerprint density at radius 1 is 0.941 bits per heavy atom. The van der Waals surface area contributed by atoms with Gasteiger partial charge < -0.3 is 0 Å². The van der Waals surface area contributed by atoms with Crippen LogP contribution in [0.25, 0.3) is 11.1 Å². The second-order valence-electron chi connectivity index (χ2n) is 4.26. The van der Waals surface area contributed by atoms with Crippen molar-refractivity contribution in [1.29, 1.82) is 0 Å². The lowest BCUT2D eigenvalue weighted by Gasteiger charge is -2.19. The molecule has 3 heteroatoms. The minimum atomic E-state index is -0.333. The molecule has 1 aliphatic rings. The van der Waals surface area contributed by atoms with Crippen molar-refractivity contribution < 1.29 is 4.92 Å². The van der Waals surface area contributed by atoms with E-state index in [4.69, 9.17) is 0 Å². The lowest BCUT2D eigenvalue weighted by atomic mass is 9.85. The van der Waals surface area contributed by atoms with Crippen LogP contribution in [0.4, 0.5) is 5.69 Å². The summed E-state index contributed by atoms with van der Waals surface area (Å²) >= 11 is 0. The zero-order valence-corrected chi connectivity index (χ0v) is 9.22. The first-order valence-corrected chi connectivity index (χ1v) is 5.61. The molecule has 17 heavy (non-hydrogen) atoms. The van der Waals surface area contributed by atoms with Gasteiger partial charge in [-0.25, -0.2) is 0 Å². The van der Waals surface area contributed by atoms with E-state index in [0.717, 1.165) is 24.0 Å². The number of nitro groups is 1. The number of benzene rings is 2. The molecule has 0 aliphatic heterocycles. The summed E-state index contributed by atoms with van der Waals surface area (Å²) in [6.45, 7) is 0. The maximum atomic E-state index is 10.7. The van der Waals surface area contributed by atoms with Crippen LogP contribution >= 0.6 is 0 Å². The number of nitrogens with zero attached hydrogens (tertiary/aromatic N) is 1. The van der Waals surface area contributed by atoms with Gasteiger partial charge in [0.15, 0.2) is 0 Å². The van der Waals surface area contributed by atoms with Crippen LogP contribution in [0.15, 0.2) is 42.5 Å². The Balaban J connectivity index is 2.18. The van der Waals surface area contributed by atoms with E-state index < -0.39 is 0 Å². The van der Waals surface area contributed by atoms with E-state index in [9.17, 15) is 10.1 Å². The van der Waals surface area contributed by atoms with Gasteiger partial charge in [-0.05, 0) is 41.2 Å². The fourth-order valence-corrected chi connectivity index (χ4v) is 2.43. The third kappa shape index (κ3) is 1.60. The molecular weight excluding hydrogens is 214 g/mol. The van der Waals surface area contributed by atoms with Gasteiger partial charge >= 0.3 is 0 Å². The Kier molecular flexibility index (Phi) is 2.18. The third-order valence-electron chi connectivity index (χ3n) is 3.27. The second-order valence-corrected chi connectivity index (χ2v) is 4.26. The predicted octanol–water partition coefficient (Wildman–Crippen LogP) is 3.36. The quantitative estimate of drug-likeness (QED) is 0.551. The van der Waals surface area contributed by atoms with Gasteiger partial charge in [0.1, 0.15) is 0 Å². The molecule has 0 saturated carbocycles. The van der Waals surface area contributed by atoms with Crippen LogP contribution in [0, 0.1) is 10.1 Å². The molecule has 0 unspecified atom stereocenters. The first-order chi connectivity index (χ1) is 8.25. The van der Waals surface area contributed by atoms with E-state index in [2.05, 4.69) is 12.1 Å². The van der Waals surface area contributed by atoms with Crippen molar-refractivity contribution in [2.75, 3.05) is 0 Å². The van der Waals surface area contributed by atoms with Gasteiger partial charge in [0.2, 0.25) is 0 Å². The number of nitro benzene ring substituents is 1. The largest absolute Gasteiger partial charge is 0.269 e. The Labute approximate surface area is 98.9 Å². The zero-order valence-electron chi connectivity index (χ0n) is 9.22. The zero-order chi connectivity index (χ0) is 11.8. The standard InChI is InChI=1S/C14H11NO2/c16-15(17)12-7-8-14-11(9-12)6-5-10-3-1-2-4-13(10)14/h1-4,7-9H,5-6H2. The number of hydrogen-bond acceptors (Lipinski definition) is 2. The van der Waals surface area contributed by atoms with Crippen LogP contribution in [0.1, 0.15) is 11.1 Å². The van der Waals surface area contributed by atoms with Crippen molar-refractivity contribution in [2.24, 2.45) is 0 Å². The molecule has 2 aromatic rings. The van der Waals surface area contributed by atoms with Crippen LogP contribution < -0.4 is 0 Å². The predicted molar refractivity (Wildman–Crippen MR) is 65.9 cm³/mol. The summed E-state index contributed by atoms with van der Waals surface area (Å²) in [5, 5.41) is 10.7. The normalized spacial score (nSPS) is 12.7. The number of aryl methyl sites for hydroxylation is 2. The van der Waals surface area contributed by atoms with Crippen LogP contribution in [0.2, 0.25) is 0 Å². The molecule has 0 radical (unpaired) electrons. The van der Waals surface area contributed by atoms with Crippen LogP contribution in [-0.4, -0.2) is 4.92 Å².